The van der Waals surface area contributed by atoms with Crippen molar-refractivity contribution in [3.05, 3.63) is 10.0 Å². The highest BCUT2D eigenvalue weighted by molar-refractivity contribution is 7.16. The van der Waals surface area contributed by atoms with Crippen LogP contribution in [0.25, 0.3) is 0 Å². The number of nitrogens with one attached hydrogen (secondary N) is 1. The Balaban J connectivity index is 2.66. The van der Waals surface area contributed by atoms with Crippen LogP contribution in [-0.2, 0) is 0 Å². The summed E-state index contributed by atoms with van der Waals surface area (Å²) in [5, 5.41) is 12.8. The fourth-order valence-electron chi connectivity index (χ4n) is 0.787. The minimum Gasteiger partial charge on any atom is -0.361 e. The standard InChI is InChI=1S/C9H12ClN3S/c1-9(2,3)5-12-8-13-7(10)6(4-11)14-8/h5H2,1-3H3,(H,12,13). The van der Waals surface area contributed by atoms with Gasteiger partial charge in [-0.05, 0) is 5.41 Å². The molecule has 3 nitrogen and oxygen atoms in total. The summed E-state index contributed by atoms with van der Waals surface area (Å²) in [6, 6.07) is 2.00. The quantitative estimate of drug-likeness (QED) is 0.848. The van der Waals surface area contributed by atoms with Crippen LogP contribution in [0, 0.1) is 16.7 Å². The molecule has 0 spiro atoms. The normalized spacial score (nSPS) is 11.1. The molecule has 1 N–H and O–H groups in total. The van der Waals surface area contributed by atoms with E-state index in [0.717, 1.165) is 6.54 Å². The topological polar surface area (TPSA) is 48.7 Å². The van der Waals surface area contributed by atoms with Crippen LogP contribution in [0.15, 0.2) is 0 Å². The van der Waals surface area contributed by atoms with Crippen molar-refractivity contribution in [2.75, 3.05) is 11.9 Å². The van der Waals surface area contributed by atoms with Gasteiger partial charge in [0.2, 0.25) is 0 Å². The lowest BCUT2D eigenvalue weighted by Gasteiger charge is -2.17. The zero-order valence-corrected chi connectivity index (χ0v) is 9.96. The number of halogens is 1. The number of anilines is 1. The third-order valence-electron chi connectivity index (χ3n) is 1.46. The lowest BCUT2D eigenvalue weighted by molar-refractivity contribution is 0.443. The summed E-state index contributed by atoms with van der Waals surface area (Å²) in [5.41, 5.74) is 0.185. The average molecular weight is 230 g/mol. The van der Waals surface area contributed by atoms with Crippen molar-refractivity contribution in [1.29, 1.82) is 5.26 Å². The van der Waals surface area contributed by atoms with Gasteiger partial charge in [0.05, 0.1) is 0 Å². The lowest BCUT2D eigenvalue weighted by atomic mass is 9.97. The number of hydrogen-bond acceptors (Lipinski definition) is 4. The van der Waals surface area contributed by atoms with E-state index in [2.05, 4.69) is 31.1 Å². The Bertz CT molecular complexity index is 359. The summed E-state index contributed by atoms with van der Waals surface area (Å²) in [6.45, 7) is 7.18. The highest BCUT2D eigenvalue weighted by atomic mass is 35.5. The van der Waals surface area contributed by atoms with Crippen molar-refractivity contribution in [3.8, 4) is 6.07 Å². The number of thiazole rings is 1. The van der Waals surface area contributed by atoms with Gasteiger partial charge in [-0.15, -0.1) is 0 Å². The molecule has 0 aliphatic rings. The zero-order chi connectivity index (χ0) is 10.8. The van der Waals surface area contributed by atoms with Crippen LogP contribution in [0.4, 0.5) is 5.13 Å². The van der Waals surface area contributed by atoms with Crippen LogP contribution in [0.3, 0.4) is 0 Å². The summed E-state index contributed by atoms with van der Waals surface area (Å²) < 4.78 is 0. The van der Waals surface area contributed by atoms with Gasteiger partial charge in [0.15, 0.2) is 10.3 Å². The van der Waals surface area contributed by atoms with E-state index in [1.165, 1.54) is 11.3 Å². The maximum absolute atomic E-state index is 8.67. The van der Waals surface area contributed by atoms with E-state index >= 15 is 0 Å². The molecular formula is C9H12ClN3S. The number of hydrogen-bond donors (Lipinski definition) is 1. The lowest BCUT2D eigenvalue weighted by Crippen LogP contribution is -2.18. The molecular weight excluding hydrogens is 218 g/mol. The first-order valence-electron chi connectivity index (χ1n) is 4.23. The summed E-state index contributed by atoms with van der Waals surface area (Å²) in [4.78, 5) is 4.50. The zero-order valence-electron chi connectivity index (χ0n) is 8.39. The predicted molar refractivity (Wildman–Crippen MR) is 59.8 cm³/mol. The molecule has 0 aliphatic carbocycles. The minimum atomic E-state index is 0.185. The second kappa shape index (κ2) is 4.16. The highest BCUT2D eigenvalue weighted by Crippen LogP contribution is 2.26. The molecule has 0 fully saturated rings. The number of nitrogens with zero attached hydrogens (tertiary/aromatic N) is 2. The maximum Gasteiger partial charge on any atom is 0.185 e. The smallest absolute Gasteiger partial charge is 0.185 e. The van der Waals surface area contributed by atoms with Crippen LogP contribution >= 0.6 is 22.9 Å². The van der Waals surface area contributed by atoms with Gasteiger partial charge in [0.1, 0.15) is 10.9 Å². The predicted octanol–water partition coefficient (Wildman–Crippen LogP) is 3.13. The van der Waals surface area contributed by atoms with Crippen molar-refractivity contribution in [2.24, 2.45) is 5.41 Å². The van der Waals surface area contributed by atoms with Crippen LogP contribution in [-0.4, -0.2) is 11.5 Å². The molecule has 0 saturated carbocycles. The monoisotopic (exact) mass is 229 g/mol. The van der Waals surface area contributed by atoms with Crippen LogP contribution in [0.5, 0.6) is 0 Å². The van der Waals surface area contributed by atoms with E-state index in [1.807, 2.05) is 6.07 Å². The number of aromatic nitrogens is 1. The number of nitriles is 1. The third-order valence-corrected chi connectivity index (χ3v) is 2.76. The van der Waals surface area contributed by atoms with Gasteiger partial charge in [-0.1, -0.05) is 43.7 Å². The molecule has 0 aromatic carbocycles. The molecule has 1 rings (SSSR count). The van der Waals surface area contributed by atoms with Crippen LogP contribution in [0.1, 0.15) is 25.6 Å². The first kappa shape index (κ1) is 11.3. The SMILES string of the molecule is CC(C)(C)CNc1nc(Cl)c(C#N)s1. The Morgan fingerprint density at radius 2 is 2.21 bits per heavy atom. The second-order valence-corrected chi connectivity index (χ2v) is 5.52. The van der Waals surface area contributed by atoms with Crippen molar-refractivity contribution >= 4 is 28.1 Å². The van der Waals surface area contributed by atoms with E-state index in [0.29, 0.717) is 10.0 Å². The fourth-order valence-corrected chi connectivity index (χ4v) is 1.73. The van der Waals surface area contributed by atoms with Gasteiger partial charge in [-0.3, -0.25) is 0 Å². The van der Waals surface area contributed by atoms with E-state index in [-0.39, 0.29) is 10.6 Å². The Labute approximate surface area is 92.7 Å². The Morgan fingerprint density at radius 1 is 1.57 bits per heavy atom. The van der Waals surface area contributed by atoms with Crippen LogP contribution in [0.2, 0.25) is 5.15 Å². The number of rotatable bonds is 2. The highest BCUT2D eigenvalue weighted by Gasteiger charge is 2.12. The van der Waals surface area contributed by atoms with Crippen molar-refractivity contribution < 1.29 is 0 Å². The van der Waals surface area contributed by atoms with Crippen molar-refractivity contribution in [2.45, 2.75) is 20.8 Å². The molecule has 76 valence electrons. The fraction of sp³-hybridized carbons (Fsp3) is 0.556. The molecule has 5 heteroatoms. The van der Waals surface area contributed by atoms with Gasteiger partial charge in [0, 0.05) is 6.54 Å². The molecule has 0 amide bonds. The molecule has 1 heterocycles. The first-order chi connectivity index (χ1) is 6.42. The summed E-state index contributed by atoms with van der Waals surface area (Å²) in [6.07, 6.45) is 0. The van der Waals surface area contributed by atoms with Gasteiger partial charge >= 0.3 is 0 Å². The minimum absolute atomic E-state index is 0.185. The third kappa shape index (κ3) is 3.17. The summed E-state index contributed by atoms with van der Waals surface area (Å²) >= 11 is 7.02. The van der Waals surface area contributed by atoms with E-state index in [1.54, 1.807) is 0 Å². The molecule has 0 aliphatic heterocycles. The van der Waals surface area contributed by atoms with E-state index in [9.17, 15) is 0 Å². The van der Waals surface area contributed by atoms with E-state index < -0.39 is 0 Å². The Morgan fingerprint density at radius 3 is 2.64 bits per heavy atom. The average Bonchev–Trinajstić information content (AvgIpc) is 2.42. The van der Waals surface area contributed by atoms with E-state index in [4.69, 9.17) is 16.9 Å². The van der Waals surface area contributed by atoms with Gasteiger partial charge < -0.3 is 5.32 Å². The summed E-state index contributed by atoms with van der Waals surface area (Å²) in [5.74, 6) is 0. The van der Waals surface area contributed by atoms with Crippen molar-refractivity contribution in [3.63, 3.8) is 0 Å². The first-order valence-corrected chi connectivity index (χ1v) is 5.42. The Hall–Kier alpha value is -0.790. The maximum atomic E-state index is 8.67. The molecule has 0 radical (unpaired) electrons. The molecule has 0 bridgehead atoms. The molecule has 14 heavy (non-hydrogen) atoms. The largest absolute Gasteiger partial charge is 0.361 e. The Kier molecular flexibility index (Phi) is 3.35. The van der Waals surface area contributed by atoms with Gasteiger partial charge in [-0.25, -0.2) is 4.98 Å². The molecule has 0 atom stereocenters. The van der Waals surface area contributed by atoms with Crippen molar-refractivity contribution in [1.82, 2.24) is 4.98 Å². The second-order valence-electron chi connectivity index (χ2n) is 4.16. The molecule has 0 saturated heterocycles. The van der Waals surface area contributed by atoms with Gasteiger partial charge in [-0.2, -0.15) is 5.26 Å². The molecule has 0 unspecified atom stereocenters. The van der Waals surface area contributed by atoms with Crippen LogP contribution < -0.4 is 5.32 Å². The molecule has 1 aromatic rings. The molecule has 1 aromatic heterocycles. The van der Waals surface area contributed by atoms with Gasteiger partial charge in [0.25, 0.3) is 0 Å². The summed E-state index contributed by atoms with van der Waals surface area (Å²) in [7, 11) is 0.